The van der Waals surface area contributed by atoms with E-state index in [4.69, 9.17) is 12.2 Å². The summed E-state index contributed by atoms with van der Waals surface area (Å²) in [6.07, 6.45) is 0. The molecule has 0 bridgehead atoms. The molecule has 0 atom stereocenters. The molecule has 0 aliphatic rings. The Bertz CT molecular complexity index is 786. The van der Waals surface area contributed by atoms with E-state index in [0.717, 1.165) is 21.5 Å². The molecule has 0 saturated carbocycles. The minimum atomic E-state index is 0.734. The molecule has 0 saturated heterocycles. The van der Waals surface area contributed by atoms with Crippen molar-refractivity contribution in [1.29, 1.82) is 0 Å². The van der Waals surface area contributed by atoms with Crippen LogP contribution >= 0.6 is 34.8 Å². The fourth-order valence-corrected chi connectivity index (χ4v) is 2.92. The maximum Gasteiger partial charge on any atom is 0.182 e. The molecule has 0 aliphatic carbocycles. The number of aromatic nitrogens is 2. The maximum atomic E-state index is 5.43. The minimum Gasteiger partial charge on any atom is -0.330 e. The van der Waals surface area contributed by atoms with E-state index in [1.165, 1.54) is 9.13 Å². The Morgan fingerprint density at radius 1 is 1.17 bits per heavy atom. The number of benzene rings is 2. The first-order chi connectivity index (χ1) is 8.65. The number of nitrogens with one attached hydrogen (secondary N) is 1. The molecule has 2 aromatic carbocycles. The van der Waals surface area contributed by atoms with Gasteiger partial charge >= 0.3 is 0 Å². The molecule has 2 nitrogen and oxygen atoms in total. The van der Waals surface area contributed by atoms with Crippen LogP contribution < -0.4 is 0 Å². The molecule has 0 aliphatic heterocycles. The van der Waals surface area contributed by atoms with Gasteiger partial charge in [-0.2, -0.15) is 0 Å². The summed E-state index contributed by atoms with van der Waals surface area (Å²) in [6.45, 7) is 2.09. The van der Waals surface area contributed by atoms with E-state index >= 15 is 0 Å². The molecular formula is C14H11IN2S. The molecular weight excluding hydrogens is 355 g/mol. The smallest absolute Gasteiger partial charge is 0.182 e. The van der Waals surface area contributed by atoms with E-state index in [2.05, 4.69) is 75.5 Å². The molecule has 0 spiro atoms. The maximum absolute atomic E-state index is 5.43. The van der Waals surface area contributed by atoms with E-state index in [1.54, 1.807) is 0 Å². The summed E-state index contributed by atoms with van der Waals surface area (Å²) in [5, 5.41) is 0. The van der Waals surface area contributed by atoms with E-state index in [1.807, 2.05) is 6.07 Å². The SMILES string of the molecule is Cc1ccc2[nH]c(=S)n(-c3cccc(I)c3)c2c1. The highest BCUT2D eigenvalue weighted by Gasteiger charge is 2.06. The molecule has 4 heteroatoms. The van der Waals surface area contributed by atoms with Gasteiger partial charge in [-0.1, -0.05) is 12.1 Å². The van der Waals surface area contributed by atoms with Crippen molar-refractivity contribution in [3.8, 4) is 5.69 Å². The fourth-order valence-electron chi connectivity index (χ4n) is 2.08. The van der Waals surface area contributed by atoms with E-state index in [9.17, 15) is 0 Å². The Kier molecular flexibility index (Phi) is 2.99. The number of rotatable bonds is 1. The third-order valence-electron chi connectivity index (χ3n) is 2.91. The summed E-state index contributed by atoms with van der Waals surface area (Å²) in [5.74, 6) is 0. The second-order valence-corrected chi connectivity index (χ2v) is 5.90. The van der Waals surface area contributed by atoms with E-state index in [0.29, 0.717) is 0 Å². The summed E-state index contributed by atoms with van der Waals surface area (Å²) in [6, 6.07) is 14.7. The van der Waals surface area contributed by atoms with Crippen molar-refractivity contribution in [3.63, 3.8) is 0 Å². The van der Waals surface area contributed by atoms with Crippen molar-refractivity contribution in [1.82, 2.24) is 9.55 Å². The van der Waals surface area contributed by atoms with Crippen LogP contribution in [0.2, 0.25) is 0 Å². The van der Waals surface area contributed by atoms with Gasteiger partial charge in [-0.25, -0.2) is 0 Å². The topological polar surface area (TPSA) is 20.7 Å². The Balaban J connectivity index is 2.38. The predicted octanol–water partition coefficient (Wildman–Crippen LogP) is 4.60. The van der Waals surface area contributed by atoms with Crippen LogP contribution in [0, 0.1) is 15.3 Å². The molecule has 0 radical (unpaired) electrons. The summed E-state index contributed by atoms with van der Waals surface area (Å²) >= 11 is 7.74. The first-order valence-electron chi connectivity index (χ1n) is 5.62. The van der Waals surface area contributed by atoms with Gasteiger partial charge in [-0.15, -0.1) is 0 Å². The number of hydrogen-bond acceptors (Lipinski definition) is 1. The molecule has 1 N–H and O–H groups in total. The summed E-state index contributed by atoms with van der Waals surface area (Å²) in [4.78, 5) is 3.25. The van der Waals surface area contributed by atoms with Gasteiger partial charge in [-0.05, 0) is 77.6 Å². The lowest BCUT2D eigenvalue weighted by atomic mass is 10.2. The van der Waals surface area contributed by atoms with Gasteiger partial charge in [0.15, 0.2) is 4.77 Å². The number of nitrogens with zero attached hydrogens (tertiary/aromatic N) is 1. The van der Waals surface area contributed by atoms with Crippen molar-refractivity contribution in [2.24, 2.45) is 0 Å². The van der Waals surface area contributed by atoms with Crippen LogP contribution in [-0.2, 0) is 0 Å². The molecule has 90 valence electrons. The summed E-state index contributed by atoms with van der Waals surface area (Å²) in [5.41, 5.74) is 4.53. The standard InChI is InChI=1S/C14H11IN2S/c1-9-5-6-12-13(7-9)17(14(18)16-12)11-4-2-3-10(15)8-11/h2-8H,1H3,(H,16,18). The van der Waals surface area contributed by atoms with Crippen LogP contribution in [0.4, 0.5) is 0 Å². The van der Waals surface area contributed by atoms with Gasteiger partial charge in [-0.3, -0.25) is 4.57 Å². The number of H-pyrrole nitrogens is 1. The van der Waals surface area contributed by atoms with Gasteiger partial charge in [0, 0.05) is 9.26 Å². The average Bonchev–Trinajstić information content (AvgIpc) is 2.64. The molecule has 1 aromatic heterocycles. The lowest BCUT2D eigenvalue weighted by Crippen LogP contribution is -1.94. The molecule has 0 amide bonds. The largest absolute Gasteiger partial charge is 0.330 e. The van der Waals surface area contributed by atoms with Crippen molar-refractivity contribution < 1.29 is 0 Å². The summed E-state index contributed by atoms with van der Waals surface area (Å²) < 4.78 is 4.02. The quantitative estimate of drug-likeness (QED) is 0.493. The highest BCUT2D eigenvalue weighted by Crippen LogP contribution is 2.21. The Labute approximate surface area is 124 Å². The van der Waals surface area contributed by atoms with Crippen LogP contribution in [0.1, 0.15) is 5.56 Å². The van der Waals surface area contributed by atoms with E-state index in [-0.39, 0.29) is 0 Å². The molecule has 3 aromatic rings. The number of imidazole rings is 1. The van der Waals surface area contributed by atoms with Crippen molar-refractivity contribution in [3.05, 3.63) is 56.4 Å². The van der Waals surface area contributed by atoms with Crippen LogP contribution in [0.25, 0.3) is 16.7 Å². The lowest BCUT2D eigenvalue weighted by molar-refractivity contribution is 1.06. The first kappa shape index (κ1) is 11.9. The van der Waals surface area contributed by atoms with Gasteiger partial charge in [0.2, 0.25) is 0 Å². The third-order valence-corrected chi connectivity index (χ3v) is 3.86. The minimum absolute atomic E-state index is 0.734. The van der Waals surface area contributed by atoms with Crippen LogP contribution in [0.3, 0.4) is 0 Å². The predicted molar refractivity (Wildman–Crippen MR) is 85.9 cm³/mol. The van der Waals surface area contributed by atoms with Gasteiger partial charge in [0.1, 0.15) is 0 Å². The lowest BCUT2D eigenvalue weighted by Gasteiger charge is -2.05. The molecule has 3 rings (SSSR count). The number of aryl methyl sites for hydroxylation is 1. The van der Waals surface area contributed by atoms with Crippen LogP contribution in [0.5, 0.6) is 0 Å². The van der Waals surface area contributed by atoms with Crippen LogP contribution in [-0.4, -0.2) is 9.55 Å². The Morgan fingerprint density at radius 3 is 2.78 bits per heavy atom. The zero-order chi connectivity index (χ0) is 12.7. The number of halogens is 1. The summed E-state index contributed by atoms with van der Waals surface area (Å²) in [7, 11) is 0. The number of aromatic amines is 1. The van der Waals surface area contributed by atoms with Gasteiger partial charge in [0.05, 0.1) is 11.0 Å². The molecule has 0 fully saturated rings. The highest BCUT2D eigenvalue weighted by atomic mass is 127. The molecule has 1 heterocycles. The normalized spacial score (nSPS) is 11.0. The second kappa shape index (κ2) is 4.51. The Hall–Kier alpha value is -1.14. The van der Waals surface area contributed by atoms with Gasteiger partial charge in [0.25, 0.3) is 0 Å². The monoisotopic (exact) mass is 366 g/mol. The third kappa shape index (κ3) is 1.99. The van der Waals surface area contributed by atoms with Crippen LogP contribution in [0.15, 0.2) is 42.5 Å². The molecule has 18 heavy (non-hydrogen) atoms. The first-order valence-corrected chi connectivity index (χ1v) is 7.11. The van der Waals surface area contributed by atoms with E-state index < -0.39 is 0 Å². The van der Waals surface area contributed by atoms with Crippen molar-refractivity contribution >= 4 is 45.8 Å². The van der Waals surface area contributed by atoms with Crippen molar-refractivity contribution in [2.45, 2.75) is 6.92 Å². The zero-order valence-corrected chi connectivity index (χ0v) is 12.7. The Morgan fingerprint density at radius 2 is 2.00 bits per heavy atom. The highest BCUT2D eigenvalue weighted by molar-refractivity contribution is 14.1. The van der Waals surface area contributed by atoms with Gasteiger partial charge < -0.3 is 4.98 Å². The molecule has 0 unspecified atom stereocenters. The zero-order valence-electron chi connectivity index (χ0n) is 9.77. The fraction of sp³-hybridized carbons (Fsp3) is 0.0714. The second-order valence-electron chi connectivity index (χ2n) is 4.27. The average molecular weight is 366 g/mol. The number of hydrogen-bond donors (Lipinski definition) is 1. The van der Waals surface area contributed by atoms with Crippen molar-refractivity contribution in [2.75, 3.05) is 0 Å². The number of fused-ring (bicyclic) bond motifs is 1.